The molecule has 2 aromatic heterocycles. The number of nitrogens with zero attached hydrogens (tertiary/aromatic N) is 3. The molecular weight excluding hydrogens is 250 g/mol. The summed E-state index contributed by atoms with van der Waals surface area (Å²) in [5.41, 5.74) is 5.00. The maximum atomic E-state index is 4.60. The zero-order chi connectivity index (χ0) is 14.1. The summed E-state index contributed by atoms with van der Waals surface area (Å²) in [7, 11) is 1.89. The first-order valence-electron chi connectivity index (χ1n) is 6.61. The fourth-order valence-electron chi connectivity index (χ4n) is 2.31. The Hall–Kier alpha value is -2.27. The summed E-state index contributed by atoms with van der Waals surface area (Å²) >= 11 is 0. The molecule has 0 amide bonds. The van der Waals surface area contributed by atoms with E-state index in [0.717, 1.165) is 39.6 Å². The quantitative estimate of drug-likeness (QED) is 0.764. The van der Waals surface area contributed by atoms with Gasteiger partial charge in [0, 0.05) is 11.3 Å². The van der Waals surface area contributed by atoms with Crippen molar-refractivity contribution in [3.63, 3.8) is 0 Å². The molecule has 20 heavy (non-hydrogen) atoms. The smallest absolute Gasteiger partial charge is 0.143 e. The molecule has 0 saturated heterocycles. The standard InChI is InChI=1S/C15H17N5/c1-9-6-13(20-15(17-9)8-16-3)11-4-5-12-14(7-11)19-10(2)18-12/h4-7,16H,8H2,1-3H3,(H,18,19). The van der Waals surface area contributed by atoms with Gasteiger partial charge in [0.15, 0.2) is 0 Å². The van der Waals surface area contributed by atoms with Crippen LogP contribution in [-0.4, -0.2) is 27.0 Å². The van der Waals surface area contributed by atoms with Crippen molar-refractivity contribution in [3.05, 3.63) is 41.6 Å². The van der Waals surface area contributed by atoms with Crippen LogP contribution in [0.4, 0.5) is 0 Å². The number of H-pyrrole nitrogens is 1. The summed E-state index contributed by atoms with van der Waals surface area (Å²) in [6.07, 6.45) is 0. The van der Waals surface area contributed by atoms with Crippen LogP contribution >= 0.6 is 0 Å². The van der Waals surface area contributed by atoms with E-state index in [9.17, 15) is 0 Å². The second-order valence-electron chi connectivity index (χ2n) is 4.90. The summed E-state index contributed by atoms with van der Waals surface area (Å²) in [6.45, 7) is 4.61. The summed E-state index contributed by atoms with van der Waals surface area (Å²) in [5, 5.41) is 3.08. The predicted octanol–water partition coefficient (Wildman–Crippen LogP) is 2.36. The number of aryl methyl sites for hydroxylation is 2. The van der Waals surface area contributed by atoms with Crippen molar-refractivity contribution in [2.75, 3.05) is 7.05 Å². The van der Waals surface area contributed by atoms with Gasteiger partial charge < -0.3 is 10.3 Å². The molecule has 0 saturated carbocycles. The Labute approximate surface area is 117 Å². The lowest BCUT2D eigenvalue weighted by Crippen LogP contribution is -2.10. The number of hydrogen-bond acceptors (Lipinski definition) is 4. The van der Waals surface area contributed by atoms with Gasteiger partial charge in [0.1, 0.15) is 11.6 Å². The van der Waals surface area contributed by atoms with Gasteiger partial charge in [-0.05, 0) is 39.1 Å². The minimum atomic E-state index is 0.667. The number of fused-ring (bicyclic) bond motifs is 1. The third-order valence-corrected chi connectivity index (χ3v) is 3.13. The number of nitrogens with one attached hydrogen (secondary N) is 2. The molecule has 0 bridgehead atoms. The zero-order valence-corrected chi connectivity index (χ0v) is 11.9. The number of rotatable bonds is 3. The van der Waals surface area contributed by atoms with Gasteiger partial charge in [0.05, 0.1) is 23.3 Å². The van der Waals surface area contributed by atoms with Crippen LogP contribution in [0.5, 0.6) is 0 Å². The number of aromatic nitrogens is 4. The van der Waals surface area contributed by atoms with Crippen molar-refractivity contribution in [1.82, 2.24) is 25.3 Å². The van der Waals surface area contributed by atoms with Gasteiger partial charge in [-0.25, -0.2) is 15.0 Å². The second-order valence-corrected chi connectivity index (χ2v) is 4.90. The minimum absolute atomic E-state index is 0.667. The third-order valence-electron chi connectivity index (χ3n) is 3.13. The molecule has 0 aliphatic carbocycles. The number of imidazole rings is 1. The topological polar surface area (TPSA) is 66.5 Å². The number of benzene rings is 1. The van der Waals surface area contributed by atoms with Crippen molar-refractivity contribution in [2.45, 2.75) is 20.4 Å². The van der Waals surface area contributed by atoms with E-state index in [-0.39, 0.29) is 0 Å². The highest BCUT2D eigenvalue weighted by molar-refractivity contribution is 5.81. The molecule has 0 atom stereocenters. The van der Waals surface area contributed by atoms with Gasteiger partial charge >= 0.3 is 0 Å². The average Bonchev–Trinajstić information content (AvgIpc) is 2.77. The van der Waals surface area contributed by atoms with Gasteiger partial charge in [0.25, 0.3) is 0 Å². The van der Waals surface area contributed by atoms with Crippen LogP contribution in [0.25, 0.3) is 22.3 Å². The van der Waals surface area contributed by atoms with Crippen LogP contribution in [0.15, 0.2) is 24.3 Å². The molecule has 0 aliphatic rings. The number of aromatic amines is 1. The lowest BCUT2D eigenvalue weighted by molar-refractivity contribution is 0.754. The van der Waals surface area contributed by atoms with Crippen molar-refractivity contribution in [3.8, 4) is 11.3 Å². The minimum Gasteiger partial charge on any atom is -0.342 e. The van der Waals surface area contributed by atoms with Gasteiger partial charge in [0.2, 0.25) is 0 Å². The zero-order valence-electron chi connectivity index (χ0n) is 11.9. The SMILES string of the molecule is CNCc1nc(C)cc(-c2ccc3nc(C)[nH]c3c2)n1. The van der Waals surface area contributed by atoms with Gasteiger partial charge in [-0.2, -0.15) is 0 Å². The molecule has 102 valence electrons. The van der Waals surface area contributed by atoms with Crippen LogP contribution < -0.4 is 5.32 Å². The highest BCUT2D eigenvalue weighted by Crippen LogP contribution is 2.22. The van der Waals surface area contributed by atoms with Crippen LogP contribution in [0.1, 0.15) is 17.3 Å². The Kier molecular flexibility index (Phi) is 3.20. The summed E-state index contributed by atoms with van der Waals surface area (Å²) in [5.74, 6) is 1.73. The average molecular weight is 267 g/mol. The first kappa shape index (κ1) is 12.7. The Morgan fingerprint density at radius 3 is 2.75 bits per heavy atom. The lowest BCUT2D eigenvalue weighted by atomic mass is 10.1. The highest BCUT2D eigenvalue weighted by atomic mass is 15.0. The molecule has 0 aliphatic heterocycles. The normalized spacial score (nSPS) is 11.2. The Balaban J connectivity index is 2.09. The van der Waals surface area contributed by atoms with Gasteiger partial charge in [-0.15, -0.1) is 0 Å². The van der Waals surface area contributed by atoms with Crippen molar-refractivity contribution in [2.24, 2.45) is 0 Å². The van der Waals surface area contributed by atoms with Crippen LogP contribution in [0.3, 0.4) is 0 Å². The maximum Gasteiger partial charge on any atom is 0.143 e. The lowest BCUT2D eigenvalue weighted by Gasteiger charge is -2.06. The first-order chi connectivity index (χ1) is 9.65. The highest BCUT2D eigenvalue weighted by Gasteiger charge is 2.07. The van der Waals surface area contributed by atoms with E-state index in [1.807, 2.05) is 39.1 Å². The third kappa shape index (κ3) is 2.40. The molecule has 5 heteroatoms. The number of hydrogen-bond donors (Lipinski definition) is 2. The van der Waals surface area contributed by atoms with Crippen molar-refractivity contribution < 1.29 is 0 Å². The first-order valence-corrected chi connectivity index (χ1v) is 6.61. The van der Waals surface area contributed by atoms with Gasteiger partial charge in [-0.1, -0.05) is 6.07 Å². The van der Waals surface area contributed by atoms with E-state index in [1.165, 1.54) is 0 Å². The van der Waals surface area contributed by atoms with E-state index < -0.39 is 0 Å². The molecule has 5 nitrogen and oxygen atoms in total. The summed E-state index contributed by atoms with van der Waals surface area (Å²) < 4.78 is 0. The Morgan fingerprint density at radius 1 is 1.10 bits per heavy atom. The van der Waals surface area contributed by atoms with Crippen molar-refractivity contribution in [1.29, 1.82) is 0 Å². The molecule has 0 radical (unpaired) electrons. The van der Waals surface area contributed by atoms with E-state index in [2.05, 4.69) is 31.3 Å². The molecule has 1 aromatic carbocycles. The molecule has 3 rings (SSSR count). The molecule has 2 N–H and O–H groups in total. The van der Waals surface area contributed by atoms with E-state index in [0.29, 0.717) is 6.54 Å². The second kappa shape index (κ2) is 5.02. The van der Waals surface area contributed by atoms with Crippen LogP contribution in [0.2, 0.25) is 0 Å². The largest absolute Gasteiger partial charge is 0.342 e. The summed E-state index contributed by atoms with van der Waals surface area (Å²) in [4.78, 5) is 16.7. The molecule has 2 heterocycles. The predicted molar refractivity (Wildman–Crippen MR) is 79.4 cm³/mol. The van der Waals surface area contributed by atoms with Crippen molar-refractivity contribution >= 4 is 11.0 Å². The Morgan fingerprint density at radius 2 is 1.95 bits per heavy atom. The van der Waals surface area contributed by atoms with Crippen LogP contribution in [-0.2, 0) is 6.54 Å². The molecule has 0 spiro atoms. The van der Waals surface area contributed by atoms with Crippen LogP contribution in [0, 0.1) is 13.8 Å². The van der Waals surface area contributed by atoms with Gasteiger partial charge in [-0.3, -0.25) is 0 Å². The van der Waals surface area contributed by atoms with E-state index >= 15 is 0 Å². The maximum absolute atomic E-state index is 4.60. The van der Waals surface area contributed by atoms with E-state index in [1.54, 1.807) is 0 Å². The molecule has 0 unspecified atom stereocenters. The summed E-state index contributed by atoms with van der Waals surface area (Å²) in [6, 6.07) is 8.15. The van der Waals surface area contributed by atoms with E-state index in [4.69, 9.17) is 0 Å². The molecule has 3 aromatic rings. The fraction of sp³-hybridized carbons (Fsp3) is 0.267. The molecular formula is C15H17N5. The fourth-order valence-corrected chi connectivity index (χ4v) is 2.31. The molecule has 0 fully saturated rings. The monoisotopic (exact) mass is 267 g/mol. The Bertz CT molecular complexity index is 760.